The summed E-state index contributed by atoms with van der Waals surface area (Å²) in [7, 11) is 0. The Hall–Kier alpha value is -2.34. The number of terminal acetylenes is 1. The number of anilines is 1. The van der Waals surface area contributed by atoms with E-state index in [1.807, 2.05) is 30.3 Å². The Balaban J connectivity index is 1.62. The van der Waals surface area contributed by atoms with E-state index in [2.05, 4.69) is 24.2 Å². The number of para-hydroxylation sites is 2. The molecule has 0 aliphatic heterocycles. The van der Waals surface area contributed by atoms with Gasteiger partial charge in [0.05, 0.1) is 12.2 Å². The smallest absolute Gasteiger partial charge is 0.148 e. The Labute approximate surface area is 125 Å². The Morgan fingerprint density at radius 3 is 2.90 bits per heavy atom. The van der Waals surface area contributed by atoms with Gasteiger partial charge >= 0.3 is 0 Å². The van der Waals surface area contributed by atoms with E-state index in [-0.39, 0.29) is 6.61 Å². The van der Waals surface area contributed by atoms with Gasteiger partial charge in [-0.15, -0.1) is 6.42 Å². The molecule has 108 valence electrons. The molecule has 3 rings (SSSR count). The van der Waals surface area contributed by atoms with Crippen molar-refractivity contribution in [2.24, 2.45) is 5.92 Å². The number of nitrogens with one attached hydrogen (secondary N) is 1. The third-order valence-corrected chi connectivity index (χ3v) is 3.81. The third kappa shape index (κ3) is 3.22. The molecule has 0 unspecified atom stereocenters. The minimum Gasteiger partial charge on any atom is -0.479 e. The maximum Gasteiger partial charge on any atom is 0.148 e. The van der Waals surface area contributed by atoms with Gasteiger partial charge in [0.1, 0.15) is 23.9 Å². The minimum absolute atomic E-state index is 0.267. The zero-order valence-corrected chi connectivity index (χ0v) is 12.1. The zero-order valence-electron chi connectivity index (χ0n) is 12.1. The highest BCUT2D eigenvalue weighted by molar-refractivity contribution is 5.56. The van der Waals surface area contributed by atoms with Gasteiger partial charge in [-0.3, -0.25) is 0 Å². The number of hydrogen-bond donors (Lipinski definition) is 1. The van der Waals surface area contributed by atoms with Gasteiger partial charge in [0.25, 0.3) is 0 Å². The van der Waals surface area contributed by atoms with Crippen molar-refractivity contribution in [2.75, 3.05) is 11.9 Å². The van der Waals surface area contributed by atoms with Crippen LogP contribution in [0.2, 0.25) is 0 Å². The zero-order chi connectivity index (χ0) is 14.7. The first-order valence-corrected chi connectivity index (χ1v) is 7.25. The molecule has 0 radical (unpaired) electrons. The van der Waals surface area contributed by atoms with Crippen LogP contribution in [0.3, 0.4) is 0 Å². The van der Waals surface area contributed by atoms with Crippen molar-refractivity contribution < 1.29 is 9.15 Å². The van der Waals surface area contributed by atoms with Crippen molar-refractivity contribution in [1.29, 1.82) is 0 Å². The maximum absolute atomic E-state index is 5.89. The lowest BCUT2D eigenvalue weighted by Crippen LogP contribution is -2.02. The van der Waals surface area contributed by atoms with Crippen LogP contribution in [0.1, 0.15) is 30.8 Å². The van der Waals surface area contributed by atoms with E-state index in [1.54, 1.807) is 0 Å². The molecule has 1 aromatic heterocycles. The van der Waals surface area contributed by atoms with Crippen molar-refractivity contribution in [1.82, 2.24) is 0 Å². The average molecular weight is 281 g/mol. The van der Waals surface area contributed by atoms with Gasteiger partial charge in [-0.2, -0.15) is 0 Å². The summed E-state index contributed by atoms with van der Waals surface area (Å²) in [4.78, 5) is 0. The lowest BCUT2D eigenvalue weighted by atomic mass is 10.2. The molecule has 3 nitrogen and oxygen atoms in total. The topological polar surface area (TPSA) is 34.4 Å². The predicted octanol–water partition coefficient (Wildman–Crippen LogP) is 4.03. The first-order valence-electron chi connectivity index (χ1n) is 7.25. The average Bonchev–Trinajstić information content (AvgIpc) is 3.05. The van der Waals surface area contributed by atoms with E-state index in [4.69, 9.17) is 15.6 Å². The second kappa shape index (κ2) is 5.97. The summed E-state index contributed by atoms with van der Waals surface area (Å²) in [5.74, 6) is 6.66. The molecule has 0 saturated heterocycles. The summed E-state index contributed by atoms with van der Waals surface area (Å²) >= 11 is 0. The highest BCUT2D eigenvalue weighted by Gasteiger charge is 2.36. The molecule has 3 heteroatoms. The number of hydrogen-bond acceptors (Lipinski definition) is 3. The van der Waals surface area contributed by atoms with Crippen LogP contribution in [-0.2, 0) is 6.54 Å². The predicted molar refractivity (Wildman–Crippen MR) is 83.3 cm³/mol. The summed E-state index contributed by atoms with van der Waals surface area (Å²) in [6.45, 7) is 3.16. The van der Waals surface area contributed by atoms with Crippen molar-refractivity contribution in [3.63, 3.8) is 0 Å². The Morgan fingerprint density at radius 2 is 2.14 bits per heavy atom. The quantitative estimate of drug-likeness (QED) is 0.812. The Bertz CT molecular complexity index is 653. The number of ether oxygens (including phenoxy) is 1. The van der Waals surface area contributed by atoms with E-state index < -0.39 is 0 Å². The molecule has 0 bridgehead atoms. The van der Waals surface area contributed by atoms with Crippen molar-refractivity contribution in [3.05, 3.63) is 47.9 Å². The first-order chi connectivity index (χ1) is 10.3. The second-order valence-electron chi connectivity index (χ2n) is 5.47. The van der Waals surface area contributed by atoms with E-state index in [9.17, 15) is 0 Å². The van der Waals surface area contributed by atoms with Crippen LogP contribution in [0.15, 0.2) is 40.8 Å². The summed E-state index contributed by atoms with van der Waals surface area (Å²) in [6.07, 6.45) is 6.47. The summed E-state index contributed by atoms with van der Waals surface area (Å²) in [5, 5.41) is 3.33. The third-order valence-electron chi connectivity index (χ3n) is 3.81. The molecule has 0 amide bonds. The van der Waals surface area contributed by atoms with E-state index in [0.717, 1.165) is 28.9 Å². The van der Waals surface area contributed by atoms with Gasteiger partial charge in [0, 0.05) is 5.92 Å². The minimum atomic E-state index is 0.267. The normalized spacial score (nSPS) is 19.8. The number of benzene rings is 1. The summed E-state index contributed by atoms with van der Waals surface area (Å²) in [5.41, 5.74) is 0.922. The first kappa shape index (κ1) is 13.6. The van der Waals surface area contributed by atoms with E-state index in [1.165, 1.54) is 6.42 Å². The molecule has 2 aromatic rings. The van der Waals surface area contributed by atoms with Crippen LogP contribution < -0.4 is 10.1 Å². The van der Waals surface area contributed by atoms with E-state index >= 15 is 0 Å². The molecule has 1 saturated carbocycles. The standard InChI is InChI=1S/C18H19NO2/c1-3-10-20-18-7-5-4-6-16(18)19-12-14-8-9-17(21-14)15-11-13(15)2/h1,4-9,13,15,19H,10-12H2,2H3/t13-,15-/m1/s1. The van der Waals surface area contributed by atoms with Gasteiger partial charge in [-0.1, -0.05) is 25.0 Å². The van der Waals surface area contributed by atoms with Gasteiger partial charge in [-0.05, 0) is 36.6 Å². The molecule has 1 N–H and O–H groups in total. The molecule has 1 aliphatic rings. The summed E-state index contributed by atoms with van der Waals surface area (Å²) < 4.78 is 11.4. The van der Waals surface area contributed by atoms with Crippen LogP contribution >= 0.6 is 0 Å². The Kier molecular flexibility index (Phi) is 3.87. The SMILES string of the molecule is C#CCOc1ccccc1NCc1ccc([C@@H]2C[C@H]2C)o1. The molecule has 2 atom stereocenters. The highest BCUT2D eigenvalue weighted by atomic mass is 16.5. The van der Waals surface area contributed by atoms with Crippen molar-refractivity contribution >= 4 is 5.69 Å². The van der Waals surface area contributed by atoms with Gasteiger partial charge in [0.2, 0.25) is 0 Å². The fraction of sp³-hybridized carbons (Fsp3) is 0.333. The fourth-order valence-corrected chi connectivity index (χ4v) is 2.45. The van der Waals surface area contributed by atoms with E-state index in [0.29, 0.717) is 12.5 Å². The molecule has 21 heavy (non-hydrogen) atoms. The van der Waals surface area contributed by atoms with Crippen molar-refractivity contribution in [3.8, 4) is 18.1 Å². The van der Waals surface area contributed by atoms with Crippen molar-refractivity contribution in [2.45, 2.75) is 25.8 Å². The largest absolute Gasteiger partial charge is 0.479 e. The van der Waals surface area contributed by atoms with Crippen LogP contribution in [0.5, 0.6) is 5.75 Å². The molecule has 0 spiro atoms. The Morgan fingerprint density at radius 1 is 1.33 bits per heavy atom. The van der Waals surface area contributed by atoms with Gasteiger partial charge < -0.3 is 14.5 Å². The number of rotatable bonds is 6. The fourth-order valence-electron chi connectivity index (χ4n) is 2.45. The lowest BCUT2D eigenvalue weighted by Gasteiger charge is -2.10. The van der Waals surface area contributed by atoms with Crippen LogP contribution in [0.25, 0.3) is 0 Å². The monoisotopic (exact) mass is 281 g/mol. The molecule has 1 fully saturated rings. The molecule has 1 aromatic carbocycles. The molecular weight excluding hydrogens is 262 g/mol. The maximum atomic E-state index is 5.89. The molecule has 1 aliphatic carbocycles. The number of furan rings is 1. The molecule has 1 heterocycles. The van der Waals surface area contributed by atoms with Gasteiger partial charge in [-0.25, -0.2) is 0 Å². The van der Waals surface area contributed by atoms with Gasteiger partial charge in [0.15, 0.2) is 0 Å². The van der Waals surface area contributed by atoms with Crippen LogP contribution in [-0.4, -0.2) is 6.61 Å². The highest BCUT2D eigenvalue weighted by Crippen LogP contribution is 2.47. The van der Waals surface area contributed by atoms with Crippen LogP contribution in [0, 0.1) is 18.3 Å². The summed E-state index contributed by atoms with van der Waals surface area (Å²) in [6, 6.07) is 11.9. The molecular formula is C18H19NO2. The van der Waals surface area contributed by atoms with Crippen LogP contribution in [0.4, 0.5) is 5.69 Å². The second-order valence-corrected chi connectivity index (χ2v) is 5.47. The lowest BCUT2D eigenvalue weighted by molar-refractivity contribution is 0.372.